The number of hydrogen-bond acceptors (Lipinski definition) is 6. The lowest BCUT2D eigenvalue weighted by Crippen LogP contribution is -2.27. The van der Waals surface area contributed by atoms with Gasteiger partial charge in [-0.3, -0.25) is 9.78 Å². The molecule has 0 saturated heterocycles. The Morgan fingerprint density at radius 3 is 2.62 bits per heavy atom. The van der Waals surface area contributed by atoms with Crippen LogP contribution in [0.25, 0.3) is 0 Å². The molecule has 0 saturated carbocycles. The number of benzene rings is 1. The zero-order valence-electron chi connectivity index (χ0n) is 13.5. The first kappa shape index (κ1) is 17.4. The Labute approximate surface area is 140 Å². The Bertz CT molecular complexity index is 718. The lowest BCUT2D eigenvalue weighted by Gasteiger charge is -2.09. The fourth-order valence-electron chi connectivity index (χ4n) is 2.01. The largest absolute Gasteiger partial charge is 0.465 e. The Balaban J connectivity index is 2.09. The molecule has 126 valence electrons. The summed E-state index contributed by atoms with van der Waals surface area (Å²) in [6, 6.07) is 8.55. The number of esters is 1. The normalized spacial score (nSPS) is 10.1. The maximum absolute atomic E-state index is 12.0. The molecule has 0 aliphatic rings. The van der Waals surface area contributed by atoms with E-state index < -0.39 is 5.97 Å². The molecule has 0 bridgehead atoms. The zero-order valence-corrected chi connectivity index (χ0v) is 13.5. The van der Waals surface area contributed by atoms with Crippen LogP contribution in [0.5, 0.6) is 0 Å². The lowest BCUT2D eigenvalue weighted by molar-refractivity contribution is 0.0600. The Morgan fingerprint density at radius 2 is 1.88 bits per heavy atom. The minimum atomic E-state index is -0.414. The van der Waals surface area contributed by atoms with E-state index in [-0.39, 0.29) is 5.91 Å². The molecule has 1 aromatic carbocycles. The number of ether oxygens (including phenoxy) is 2. The monoisotopic (exact) mass is 329 g/mol. The Hall–Kier alpha value is -2.93. The number of carbonyl (C=O) groups excluding carboxylic acids is 2. The van der Waals surface area contributed by atoms with E-state index in [1.807, 2.05) is 0 Å². The number of amides is 1. The highest BCUT2D eigenvalue weighted by molar-refractivity contribution is 5.95. The second-order valence-corrected chi connectivity index (χ2v) is 4.91. The van der Waals surface area contributed by atoms with Gasteiger partial charge in [0, 0.05) is 25.5 Å². The number of nitrogens with one attached hydrogen (secondary N) is 2. The van der Waals surface area contributed by atoms with E-state index in [0.29, 0.717) is 35.7 Å². The number of hydrogen-bond donors (Lipinski definition) is 2. The fourth-order valence-corrected chi connectivity index (χ4v) is 2.01. The minimum absolute atomic E-state index is 0.230. The van der Waals surface area contributed by atoms with Gasteiger partial charge in [0.1, 0.15) is 0 Å². The molecule has 1 amide bonds. The maximum Gasteiger partial charge on any atom is 0.337 e. The van der Waals surface area contributed by atoms with Crippen molar-refractivity contribution in [2.24, 2.45) is 0 Å². The third kappa shape index (κ3) is 4.79. The second kappa shape index (κ2) is 8.64. The number of nitrogens with zero attached hydrogens (tertiary/aromatic N) is 1. The van der Waals surface area contributed by atoms with Crippen LogP contribution in [-0.2, 0) is 9.47 Å². The van der Waals surface area contributed by atoms with Gasteiger partial charge in [-0.2, -0.15) is 0 Å². The molecule has 0 aliphatic carbocycles. The maximum atomic E-state index is 12.0. The third-order valence-electron chi connectivity index (χ3n) is 3.16. The van der Waals surface area contributed by atoms with Crippen molar-refractivity contribution in [2.75, 3.05) is 32.7 Å². The van der Waals surface area contributed by atoms with Crippen LogP contribution >= 0.6 is 0 Å². The van der Waals surface area contributed by atoms with Gasteiger partial charge in [0.05, 0.1) is 36.7 Å². The minimum Gasteiger partial charge on any atom is -0.465 e. The average molecular weight is 329 g/mol. The highest BCUT2D eigenvalue weighted by atomic mass is 16.5. The van der Waals surface area contributed by atoms with E-state index in [9.17, 15) is 9.59 Å². The van der Waals surface area contributed by atoms with Crippen LogP contribution in [0.1, 0.15) is 20.7 Å². The van der Waals surface area contributed by atoms with Crippen molar-refractivity contribution in [3.63, 3.8) is 0 Å². The van der Waals surface area contributed by atoms with Gasteiger partial charge in [0.2, 0.25) is 0 Å². The smallest absolute Gasteiger partial charge is 0.337 e. The summed E-state index contributed by atoms with van der Waals surface area (Å²) in [6.45, 7) is 0.867. The van der Waals surface area contributed by atoms with Crippen LogP contribution in [-0.4, -0.2) is 44.2 Å². The van der Waals surface area contributed by atoms with Crippen LogP contribution < -0.4 is 10.6 Å². The fraction of sp³-hybridized carbons (Fsp3) is 0.235. The summed E-state index contributed by atoms with van der Waals surface area (Å²) in [7, 11) is 2.90. The molecule has 2 N–H and O–H groups in total. The van der Waals surface area contributed by atoms with Crippen LogP contribution in [0.3, 0.4) is 0 Å². The van der Waals surface area contributed by atoms with Gasteiger partial charge >= 0.3 is 5.97 Å². The molecular formula is C17H19N3O4. The molecule has 1 aromatic heterocycles. The van der Waals surface area contributed by atoms with E-state index in [0.717, 1.165) is 0 Å². The molecule has 0 spiro atoms. The van der Waals surface area contributed by atoms with Gasteiger partial charge in [-0.05, 0) is 24.3 Å². The van der Waals surface area contributed by atoms with E-state index in [2.05, 4.69) is 15.6 Å². The summed E-state index contributed by atoms with van der Waals surface area (Å²) in [5.74, 6) is -0.644. The van der Waals surface area contributed by atoms with Crippen molar-refractivity contribution in [1.29, 1.82) is 0 Å². The average Bonchev–Trinajstić information content (AvgIpc) is 2.61. The number of carbonyl (C=O) groups is 2. The number of pyridine rings is 1. The summed E-state index contributed by atoms with van der Waals surface area (Å²) >= 11 is 0. The summed E-state index contributed by atoms with van der Waals surface area (Å²) in [6.07, 6.45) is 3.08. The predicted octanol–water partition coefficient (Wildman–Crippen LogP) is 1.99. The summed E-state index contributed by atoms with van der Waals surface area (Å²) < 4.78 is 9.59. The highest BCUT2D eigenvalue weighted by Gasteiger charge is 2.08. The quantitative estimate of drug-likeness (QED) is 0.596. The van der Waals surface area contributed by atoms with Crippen molar-refractivity contribution in [2.45, 2.75) is 0 Å². The standard InChI is InChI=1S/C17H19N3O4/c1-23-7-6-19-16(21)13-9-15(11-18-10-13)20-14-5-3-4-12(8-14)17(22)24-2/h3-5,8-11,20H,6-7H2,1-2H3,(H,19,21). The Morgan fingerprint density at radius 1 is 1.08 bits per heavy atom. The molecule has 0 radical (unpaired) electrons. The molecule has 24 heavy (non-hydrogen) atoms. The molecule has 0 aliphatic heterocycles. The van der Waals surface area contributed by atoms with Gasteiger partial charge < -0.3 is 20.1 Å². The van der Waals surface area contributed by atoms with Crippen LogP contribution in [0, 0.1) is 0 Å². The lowest BCUT2D eigenvalue weighted by atomic mass is 10.2. The summed E-state index contributed by atoms with van der Waals surface area (Å²) in [5.41, 5.74) is 2.19. The molecule has 2 rings (SSSR count). The number of aromatic nitrogens is 1. The SMILES string of the molecule is COCCNC(=O)c1cncc(Nc2cccc(C(=O)OC)c2)c1. The van der Waals surface area contributed by atoms with Crippen molar-refractivity contribution >= 4 is 23.3 Å². The first-order chi connectivity index (χ1) is 11.6. The summed E-state index contributed by atoms with van der Waals surface area (Å²) in [5, 5.41) is 5.84. The molecule has 7 nitrogen and oxygen atoms in total. The first-order valence-corrected chi connectivity index (χ1v) is 7.31. The Kier molecular flexibility index (Phi) is 6.27. The molecular weight excluding hydrogens is 310 g/mol. The van der Waals surface area contributed by atoms with Crippen molar-refractivity contribution in [3.8, 4) is 0 Å². The zero-order chi connectivity index (χ0) is 17.4. The van der Waals surface area contributed by atoms with Crippen molar-refractivity contribution < 1.29 is 19.1 Å². The highest BCUT2D eigenvalue weighted by Crippen LogP contribution is 2.18. The third-order valence-corrected chi connectivity index (χ3v) is 3.16. The molecule has 0 fully saturated rings. The predicted molar refractivity (Wildman–Crippen MR) is 89.5 cm³/mol. The van der Waals surface area contributed by atoms with Gasteiger partial charge in [0.25, 0.3) is 5.91 Å². The van der Waals surface area contributed by atoms with E-state index >= 15 is 0 Å². The van der Waals surface area contributed by atoms with E-state index in [1.54, 1.807) is 43.6 Å². The van der Waals surface area contributed by atoms with Gasteiger partial charge in [-0.25, -0.2) is 4.79 Å². The first-order valence-electron chi connectivity index (χ1n) is 7.31. The summed E-state index contributed by atoms with van der Waals surface area (Å²) in [4.78, 5) is 27.6. The number of rotatable bonds is 7. The number of anilines is 2. The second-order valence-electron chi connectivity index (χ2n) is 4.91. The van der Waals surface area contributed by atoms with Crippen LogP contribution in [0.2, 0.25) is 0 Å². The van der Waals surface area contributed by atoms with Crippen molar-refractivity contribution in [3.05, 3.63) is 53.9 Å². The molecule has 0 unspecified atom stereocenters. The molecule has 2 aromatic rings. The molecule has 1 heterocycles. The number of methoxy groups -OCH3 is 2. The van der Waals surface area contributed by atoms with Gasteiger partial charge in [-0.1, -0.05) is 6.07 Å². The van der Waals surface area contributed by atoms with Crippen LogP contribution in [0.4, 0.5) is 11.4 Å². The van der Waals surface area contributed by atoms with E-state index in [1.165, 1.54) is 13.3 Å². The molecule has 7 heteroatoms. The molecule has 0 atom stereocenters. The van der Waals surface area contributed by atoms with Gasteiger partial charge in [0.15, 0.2) is 0 Å². The van der Waals surface area contributed by atoms with Gasteiger partial charge in [-0.15, -0.1) is 0 Å². The van der Waals surface area contributed by atoms with E-state index in [4.69, 9.17) is 9.47 Å². The van der Waals surface area contributed by atoms with Crippen LogP contribution in [0.15, 0.2) is 42.7 Å². The topological polar surface area (TPSA) is 89.5 Å². The van der Waals surface area contributed by atoms with Crippen molar-refractivity contribution in [1.82, 2.24) is 10.3 Å².